The van der Waals surface area contributed by atoms with Crippen molar-refractivity contribution in [2.75, 3.05) is 31.5 Å². The summed E-state index contributed by atoms with van der Waals surface area (Å²) in [5.74, 6) is 0.195. The van der Waals surface area contributed by atoms with E-state index in [-0.39, 0.29) is 18.5 Å². The van der Waals surface area contributed by atoms with Gasteiger partial charge >= 0.3 is 6.03 Å². The van der Waals surface area contributed by atoms with Gasteiger partial charge in [-0.3, -0.25) is 4.79 Å². The van der Waals surface area contributed by atoms with Crippen molar-refractivity contribution in [1.29, 1.82) is 10.5 Å². The van der Waals surface area contributed by atoms with Gasteiger partial charge in [0.1, 0.15) is 12.1 Å². The third kappa shape index (κ3) is 5.24. The number of carbonyl (C=O) groups is 2. The zero-order valence-electron chi connectivity index (χ0n) is 16.4. The molecule has 2 heterocycles. The van der Waals surface area contributed by atoms with E-state index in [9.17, 15) is 20.1 Å². The first kappa shape index (κ1) is 20.6. The Morgan fingerprint density at radius 1 is 1.00 bits per heavy atom. The van der Waals surface area contributed by atoms with Gasteiger partial charge in [-0.2, -0.15) is 10.5 Å². The lowest BCUT2D eigenvalue weighted by molar-refractivity contribution is -0.131. The Labute approximate surface area is 171 Å². The maximum Gasteiger partial charge on any atom is 0.321 e. The normalized spacial score (nSPS) is 22.0. The maximum atomic E-state index is 12.4. The first-order valence-electron chi connectivity index (χ1n) is 10.0. The summed E-state index contributed by atoms with van der Waals surface area (Å²) in [6.07, 6.45) is 2.86. The van der Waals surface area contributed by atoms with E-state index in [0.717, 1.165) is 18.5 Å². The highest BCUT2D eigenvalue weighted by atomic mass is 16.2. The Morgan fingerprint density at radius 3 is 2.21 bits per heavy atom. The van der Waals surface area contributed by atoms with Gasteiger partial charge in [0.05, 0.1) is 18.7 Å². The van der Waals surface area contributed by atoms with Gasteiger partial charge in [-0.15, -0.1) is 0 Å². The van der Waals surface area contributed by atoms with Crippen LogP contribution in [0.4, 0.5) is 10.5 Å². The molecule has 3 amide bonds. The van der Waals surface area contributed by atoms with Crippen LogP contribution in [0.5, 0.6) is 0 Å². The van der Waals surface area contributed by atoms with Crippen LogP contribution >= 0.6 is 0 Å². The average molecular weight is 394 g/mol. The molecule has 1 aromatic rings. The van der Waals surface area contributed by atoms with Crippen molar-refractivity contribution in [3.05, 3.63) is 30.3 Å². The van der Waals surface area contributed by atoms with Crippen LogP contribution in [0.2, 0.25) is 0 Å². The number of nitrogens with zero attached hydrogens (tertiary/aromatic N) is 4. The van der Waals surface area contributed by atoms with Crippen molar-refractivity contribution < 1.29 is 9.59 Å². The molecule has 3 rings (SSSR count). The molecule has 2 fully saturated rings. The van der Waals surface area contributed by atoms with Crippen LogP contribution < -0.4 is 10.6 Å². The van der Waals surface area contributed by atoms with Crippen molar-refractivity contribution in [3.8, 4) is 12.1 Å². The summed E-state index contributed by atoms with van der Waals surface area (Å²) < 4.78 is 0. The summed E-state index contributed by atoms with van der Waals surface area (Å²) in [4.78, 5) is 28.0. The number of nitrogens with one attached hydrogen (secondary N) is 2. The number of hydrogen-bond donors (Lipinski definition) is 2. The SMILES string of the molecule is N#C[C@@H]1CC[C@H](C#N)N1C(=O)CNCC1CCN(C(=O)Nc2ccccc2)CC1. The number of urea groups is 1. The molecule has 0 saturated carbocycles. The van der Waals surface area contributed by atoms with Gasteiger partial charge in [-0.1, -0.05) is 18.2 Å². The molecule has 0 spiro atoms. The number of amides is 3. The minimum Gasteiger partial charge on any atom is -0.325 e. The highest BCUT2D eigenvalue weighted by molar-refractivity contribution is 5.89. The van der Waals surface area contributed by atoms with E-state index in [1.54, 1.807) is 0 Å². The Bertz CT molecular complexity index is 770. The van der Waals surface area contributed by atoms with Crippen LogP contribution in [-0.4, -0.2) is 60.0 Å². The number of likely N-dealkylation sites (tertiary alicyclic amines) is 2. The van der Waals surface area contributed by atoms with Gasteiger partial charge < -0.3 is 20.4 Å². The summed E-state index contributed by atoms with van der Waals surface area (Å²) in [5.41, 5.74) is 0.785. The molecule has 29 heavy (non-hydrogen) atoms. The molecular formula is C21H26N6O2. The minimum atomic E-state index is -0.500. The number of rotatable bonds is 5. The minimum absolute atomic E-state index is 0.0862. The van der Waals surface area contributed by atoms with E-state index in [1.165, 1.54) is 4.90 Å². The average Bonchev–Trinajstić information content (AvgIpc) is 3.18. The van der Waals surface area contributed by atoms with Crippen molar-refractivity contribution >= 4 is 17.6 Å². The fourth-order valence-electron chi connectivity index (χ4n) is 3.95. The van der Waals surface area contributed by atoms with E-state index in [4.69, 9.17) is 0 Å². The molecule has 2 aliphatic rings. The first-order valence-corrected chi connectivity index (χ1v) is 10.0. The highest BCUT2D eigenvalue weighted by Crippen LogP contribution is 2.23. The molecule has 0 aliphatic carbocycles. The fraction of sp³-hybridized carbons (Fsp3) is 0.524. The lowest BCUT2D eigenvalue weighted by Crippen LogP contribution is -2.46. The monoisotopic (exact) mass is 394 g/mol. The Kier molecular flexibility index (Phi) is 7.04. The molecule has 8 heteroatoms. The smallest absolute Gasteiger partial charge is 0.321 e. The summed E-state index contributed by atoms with van der Waals surface area (Å²) >= 11 is 0. The van der Waals surface area contributed by atoms with E-state index in [0.29, 0.717) is 38.4 Å². The zero-order chi connectivity index (χ0) is 20.6. The molecule has 0 unspecified atom stereocenters. The maximum absolute atomic E-state index is 12.4. The Balaban J connectivity index is 1.38. The van der Waals surface area contributed by atoms with Crippen molar-refractivity contribution in [2.24, 2.45) is 5.92 Å². The van der Waals surface area contributed by atoms with Crippen LogP contribution in [-0.2, 0) is 4.79 Å². The third-order valence-electron chi connectivity index (χ3n) is 5.61. The second-order valence-electron chi connectivity index (χ2n) is 7.53. The highest BCUT2D eigenvalue weighted by Gasteiger charge is 2.36. The standard InChI is InChI=1S/C21H26N6O2/c22-12-18-6-7-19(13-23)27(18)20(28)15-24-14-16-8-10-26(11-9-16)21(29)25-17-4-2-1-3-5-17/h1-5,16,18-19,24H,6-11,14-15H2,(H,25,29)/t18-,19+. The van der Waals surface area contributed by atoms with E-state index >= 15 is 0 Å². The number of hydrogen-bond acceptors (Lipinski definition) is 5. The number of carbonyl (C=O) groups excluding carboxylic acids is 2. The summed E-state index contributed by atoms with van der Waals surface area (Å²) in [6, 6.07) is 12.5. The lowest BCUT2D eigenvalue weighted by atomic mass is 9.97. The molecule has 1 aromatic carbocycles. The number of para-hydroxylation sites is 1. The van der Waals surface area contributed by atoms with Gasteiger partial charge in [-0.05, 0) is 50.3 Å². The summed E-state index contributed by atoms with van der Waals surface area (Å²) in [5, 5.41) is 24.4. The van der Waals surface area contributed by atoms with Crippen molar-refractivity contribution in [1.82, 2.24) is 15.1 Å². The van der Waals surface area contributed by atoms with Crippen LogP contribution in [0.25, 0.3) is 0 Å². The van der Waals surface area contributed by atoms with Crippen LogP contribution in [0.15, 0.2) is 30.3 Å². The van der Waals surface area contributed by atoms with Gasteiger partial charge in [-0.25, -0.2) is 4.79 Å². The molecule has 0 bridgehead atoms. The second-order valence-corrected chi connectivity index (χ2v) is 7.53. The van der Waals surface area contributed by atoms with Crippen molar-refractivity contribution in [2.45, 2.75) is 37.8 Å². The molecule has 2 atom stereocenters. The predicted octanol–water partition coefficient (Wildman–Crippen LogP) is 1.93. The van der Waals surface area contributed by atoms with E-state index < -0.39 is 12.1 Å². The Hall–Kier alpha value is -3.10. The topological polar surface area (TPSA) is 112 Å². The van der Waals surface area contributed by atoms with Crippen LogP contribution in [0, 0.1) is 28.6 Å². The molecule has 2 saturated heterocycles. The predicted molar refractivity (Wildman–Crippen MR) is 108 cm³/mol. The summed E-state index contributed by atoms with van der Waals surface area (Å²) in [6.45, 7) is 2.17. The second kappa shape index (κ2) is 9.90. The van der Waals surface area contributed by atoms with Crippen molar-refractivity contribution in [3.63, 3.8) is 0 Å². The lowest BCUT2D eigenvalue weighted by Gasteiger charge is -2.32. The third-order valence-corrected chi connectivity index (χ3v) is 5.61. The molecule has 8 nitrogen and oxygen atoms in total. The largest absolute Gasteiger partial charge is 0.325 e. The number of piperidine rings is 1. The molecule has 0 aromatic heterocycles. The van der Waals surface area contributed by atoms with Gasteiger partial charge in [0.15, 0.2) is 0 Å². The van der Waals surface area contributed by atoms with Gasteiger partial charge in [0, 0.05) is 18.8 Å². The van der Waals surface area contributed by atoms with Crippen LogP contribution in [0.3, 0.4) is 0 Å². The zero-order valence-corrected chi connectivity index (χ0v) is 16.4. The Morgan fingerprint density at radius 2 is 1.62 bits per heavy atom. The molecule has 2 N–H and O–H groups in total. The number of benzene rings is 1. The number of anilines is 1. The van der Waals surface area contributed by atoms with E-state index in [1.807, 2.05) is 35.2 Å². The van der Waals surface area contributed by atoms with Crippen LogP contribution in [0.1, 0.15) is 25.7 Å². The quantitative estimate of drug-likeness (QED) is 0.792. The summed E-state index contributed by atoms with van der Waals surface area (Å²) in [7, 11) is 0. The molecule has 2 aliphatic heterocycles. The van der Waals surface area contributed by atoms with Gasteiger partial charge in [0.2, 0.25) is 5.91 Å². The molecule has 152 valence electrons. The first-order chi connectivity index (χ1) is 14.1. The molecular weight excluding hydrogens is 368 g/mol. The fourth-order valence-corrected chi connectivity index (χ4v) is 3.95. The van der Waals surface area contributed by atoms with E-state index in [2.05, 4.69) is 22.8 Å². The molecule has 0 radical (unpaired) electrons. The number of nitriles is 2. The van der Waals surface area contributed by atoms with Gasteiger partial charge in [0.25, 0.3) is 0 Å².